The zero-order chi connectivity index (χ0) is 28.1. The highest BCUT2D eigenvalue weighted by atomic mass is 16.6. The number of ether oxygens (including phenoxy) is 2. The van der Waals surface area contributed by atoms with E-state index in [0.29, 0.717) is 12.8 Å². The Balaban J connectivity index is 2.72. The van der Waals surface area contributed by atoms with E-state index >= 15 is 0 Å². The molecule has 0 aliphatic heterocycles. The van der Waals surface area contributed by atoms with Crippen LogP contribution in [0.25, 0.3) is 0 Å². The molecule has 1 aromatic rings. The van der Waals surface area contributed by atoms with Crippen molar-refractivity contribution in [2.24, 2.45) is 0 Å². The molecule has 0 fully saturated rings. The molecule has 1 aromatic carbocycles. The second-order valence-electron chi connectivity index (χ2n) is 10.6. The van der Waals surface area contributed by atoms with Gasteiger partial charge in [0, 0.05) is 38.6 Å². The topological polar surface area (TPSA) is 146 Å². The summed E-state index contributed by atoms with van der Waals surface area (Å²) in [6, 6.07) is 8.49. The first-order valence-corrected chi connectivity index (χ1v) is 12.4. The Morgan fingerprint density at radius 1 is 0.838 bits per heavy atom. The van der Waals surface area contributed by atoms with E-state index in [1.54, 1.807) is 41.5 Å². The lowest BCUT2D eigenvalue weighted by molar-refractivity contribution is -0.122. The normalized spacial score (nSPS) is 12.2. The first-order valence-electron chi connectivity index (χ1n) is 12.4. The minimum atomic E-state index is -1.15. The third-order valence-corrected chi connectivity index (χ3v) is 4.80. The Morgan fingerprint density at radius 3 is 1.86 bits per heavy atom. The third-order valence-electron chi connectivity index (χ3n) is 4.80. The van der Waals surface area contributed by atoms with Crippen LogP contribution in [-0.4, -0.2) is 71.1 Å². The maximum Gasteiger partial charge on any atom is 0.407 e. The monoisotopic (exact) mass is 522 g/mol. The van der Waals surface area contributed by atoms with E-state index in [2.05, 4.69) is 16.0 Å². The van der Waals surface area contributed by atoms with Crippen LogP contribution in [0.5, 0.6) is 0 Å². The second kappa shape index (κ2) is 14.9. The van der Waals surface area contributed by atoms with Crippen LogP contribution in [0.4, 0.5) is 14.4 Å². The average molecular weight is 523 g/mol. The van der Waals surface area contributed by atoms with Crippen molar-refractivity contribution in [2.45, 2.75) is 84.6 Å². The Bertz CT molecular complexity index is 879. The van der Waals surface area contributed by atoms with Gasteiger partial charge in [0.05, 0.1) is 0 Å². The maximum absolute atomic E-state index is 12.6. The van der Waals surface area contributed by atoms with E-state index in [0.717, 1.165) is 5.56 Å². The number of rotatable bonds is 12. The predicted molar refractivity (Wildman–Crippen MR) is 139 cm³/mol. The van der Waals surface area contributed by atoms with E-state index in [-0.39, 0.29) is 38.5 Å². The van der Waals surface area contributed by atoms with Gasteiger partial charge >= 0.3 is 18.3 Å². The molecule has 0 unspecified atom stereocenters. The number of nitrogens with zero attached hydrogens (tertiary/aromatic N) is 1. The van der Waals surface area contributed by atoms with E-state index < -0.39 is 35.5 Å². The number of benzene rings is 1. The lowest BCUT2D eigenvalue weighted by Gasteiger charge is -2.29. The highest BCUT2D eigenvalue weighted by Gasteiger charge is 2.26. The van der Waals surface area contributed by atoms with Crippen molar-refractivity contribution >= 4 is 24.2 Å². The zero-order valence-electron chi connectivity index (χ0n) is 22.8. The molecular formula is C26H42N4O7. The van der Waals surface area contributed by atoms with Gasteiger partial charge in [-0.1, -0.05) is 30.3 Å². The first kappa shape index (κ1) is 31.5. The number of carbonyl (C=O) groups is 4. The summed E-state index contributed by atoms with van der Waals surface area (Å²) in [4.78, 5) is 49.6. The van der Waals surface area contributed by atoms with E-state index in [4.69, 9.17) is 9.47 Å². The minimum Gasteiger partial charge on any atom is -0.465 e. The largest absolute Gasteiger partial charge is 0.465 e. The van der Waals surface area contributed by atoms with E-state index in [9.17, 15) is 24.3 Å². The lowest BCUT2D eigenvalue weighted by atomic mass is 10.0. The van der Waals surface area contributed by atoms with Crippen LogP contribution in [0.2, 0.25) is 0 Å². The summed E-state index contributed by atoms with van der Waals surface area (Å²) in [6.45, 7) is 11.3. The summed E-state index contributed by atoms with van der Waals surface area (Å²) in [5.41, 5.74) is -0.458. The van der Waals surface area contributed by atoms with Crippen LogP contribution in [-0.2, 0) is 20.8 Å². The van der Waals surface area contributed by atoms with Gasteiger partial charge < -0.3 is 35.4 Å². The van der Waals surface area contributed by atoms with Gasteiger partial charge in [0.1, 0.15) is 11.2 Å². The summed E-state index contributed by atoms with van der Waals surface area (Å²) >= 11 is 0. The zero-order valence-corrected chi connectivity index (χ0v) is 22.8. The van der Waals surface area contributed by atoms with Crippen LogP contribution in [0.1, 0.15) is 66.4 Å². The number of hydrogen-bond acceptors (Lipinski definition) is 6. The summed E-state index contributed by atoms with van der Waals surface area (Å²) in [7, 11) is 0. The van der Waals surface area contributed by atoms with Crippen molar-refractivity contribution in [1.29, 1.82) is 0 Å². The van der Waals surface area contributed by atoms with Gasteiger partial charge in [-0.25, -0.2) is 14.4 Å². The second-order valence-corrected chi connectivity index (χ2v) is 10.6. The number of amides is 4. The highest BCUT2D eigenvalue weighted by molar-refractivity contribution is 5.77. The molecule has 0 saturated heterocycles. The van der Waals surface area contributed by atoms with Crippen molar-refractivity contribution in [1.82, 2.24) is 20.9 Å². The number of carbonyl (C=O) groups excluding carboxylic acids is 3. The van der Waals surface area contributed by atoms with Gasteiger partial charge in [-0.05, 0) is 59.9 Å². The molecule has 0 radical (unpaired) electrons. The Labute approximate surface area is 219 Å². The molecule has 4 amide bonds. The summed E-state index contributed by atoms with van der Waals surface area (Å²) in [5, 5.41) is 17.8. The standard InChI is InChI=1S/C26H42N4O7/c1-25(2,3)36-22(32)28-14-10-13-20(30(24(34)35)18-19-11-8-7-9-12-19)17-21(31)27-15-16-29-23(33)37-26(4,5)6/h7-9,11-12,20H,10,13-18H2,1-6H3,(H,27,31)(H,28,32)(H,29,33)(H,34,35)/t20-/m0/s1. The maximum atomic E-state index is 12.6. The smallest absolute Gasteiger partial charge is 0.407 e. The van der Waals surface area contributed by atoms with Crippen LogP contribution < -0.4 is 16.0 Å². The predicted octanol–water partition coefficient (Wildman–Crippen LogP) is 3.87. The molecule has 0 saturated carbocycles. The van der Waals surface area contributed by atoms with Crippen LogP contribution in [0, 0.1) is 0 Å². The number of nitrogens with one attached hydrogen (secondary N) is 3. The molecule has 0 spiro atoms. The van der Waals surface area contributed by atoms with Gasteiger partial charge in [0.25, 0.3) is 0 Å². The van der Waals surface area contributed by atoms with Crippen molar-refractivity contribution in [3.05, 3.63) is 35.9 Å². The lowest BCUT2D eigenvalue weighted by Crippen LogP contribution is -2.44. The summed E-state index contributed by atoms with van der Waals surface area (Å²) in [6.07, 6.45) is -1.57. The molecule has 0 aromatic heterocycles. The summed E-state index contributed by atoms with van der Waals surface area (Å²) in [5.74, 6) is -0.351. The van der Waals surface area contributed by atoms with Crippen molar-refractivity contribution in [3.63, 3.8) is 0 Å². The molecule has 11 heteroatoms. The quantitative estimate of drug-likeness (QED) is 0.305. The average Bonchev–Trinajstić information content (AvgIpc) is 2.75. The molecule has 37 heavy (non-hydrogen) atoms. The van der Waals surface area contributed by atoms with Gasteiger partial charge in [-0.15, -0.1) is 0 Å². The summed E-state index contributed by atoms with van der Waals surface area (Å²) < 4.78 is 10.4. The van der Waals surface area contributed by atoms with Gasteiger partial charge in [-0.3, -0.25) is 4.79 Å². The van der Waals surface area contributed by atoms with Crippen LogP contribution >= 0.6 is 0 Å². The highest BCUT2D eigenvalue weighted by Crippen LogP contribution is 2.16. The van der Waals surface area contributed by atoms with Gasteiger partial charge in [0.15, 0.2) is 0 Å². The van der Waals surface area contributed by atoms with Crippen molar-refractivity contribution in [2.75, 3.05) is 19.6 Å². The third kappa shape index (κ3) is 15.3. The molecule has 0 heterocycles. The molecule has 11 nitrogen and oxygen atoms in total. The number of alkyl carbamates (subject to hydrolysis) is 2. The van der Waals surface area contributed by atoms with Crippen molar-refractivity contribution in [3.8, 4) is 0 Å². The van der Waals surface area contributed by atoms with Crippen LogP contribution in [0.15, 0.2) is 30.3 Å². The number of carboxylic acid groups (broad SMARTS) is 1. The molecule has 1 atom stereocenters. The van der Waals surface area contributed by atoms with E-state index in [1.807, 2.05) is 30.3 Å². The van der Waals surface area contributed by atoms with Crippen LogP contribution in [0.3, 0.4) is 0 Å². The molecule has 0 aliphatic rings. The fraction of sp³-hybridized carbons (Fsp3) is 0.615. The first-order chi connectivity index (χ1) is 17.2. The molecule has 0 bridgehead atoms. The molecule has 1 rings (SSSR count). The molecule has 4 N–H and O–H groups in total. The minimum absolute atomic E-state index is 0.0714. The SMILES string of the molecule is CC(C)(C)OC(=O)NCCC[C@@H](CC(=O)NCCNC(=O)OC(C)(C)C)N(Cc1ccccc1)C(=O)O. The van der Waals surface area contributed by atoms with Gasteiger partial charge in [-0.2, -0.15) is 0 Å². The molecular weight excluding hydrogens is 480 g/mol. The van der Waals surface area contributed by atoms with Crippen molar-refractivity contribution < 1.29 is 33.8 Å². The fourth-order valence-corrected chi connectivity index (χ4v) is 3.31. The van der Waals surface area contributed by atoms with E-state index in [1.165, 1.54) is 4.90 Å². The number of hydrogen-bond donors (Lipinski definition) is 4. The van der Waals surface area contributed by atoms with Gasteiger partial charge in [0.2, 0.25) is 5.91 Å². The Hall–Kier alpha value is -3.50. The fourth-order valence-electron chi connectivity index (χ4n) is 3.31. The Morgan fingerprint density at radius 2 is 1.35 bits per heavy atom. The molecule has 0 aliphatic carbocycles. The Kier molecular flexibility index (Phi) is 12.7. The molecule has 208 valence electrons.